The van der Waals surface area contributed by atoms with Crippen LogP contribution in [-0.4, -0.2) is 17.5 Å². The SMILES string of the molecule is CCC1CCCC(NC(=O)C(N)(CC)CC)C1. The zero-order valence-electron chi connectivity index (χ0n) is 11.6. The first kappa shape index (κ1) is 14.5. The van der Waals surface area contributed by atoms with Crippen LogP contribution in [0.4, 0.5) is 0 Å². The van der Waals surface area contributed by atoms with Crippen molar-refractivity contribution >= 4 is 5.91 Å². The molecule has 1 aliphatic carbocycles. The van der Waals surface area contributed by atoms with Crippen LogP contribution in [0.5, 0.6) is 0 Å². The lowest BCUT2D eigenvalue weighted by Crippen LogP contribution is -2.56. The molecule has 100 valence electrons. The van der Waals surface area contributed by atoms with Crippen molar-refractivity contribution in [1.29, 1.82) is 0 Å². The molecule has 1 fully saturated rings. The van der Waals surface area contributed by atoms with Gasteiger partial charge in [-0.1, -0.05) is 40.0 Å². The van der Waals surface area contributed by atoms with Gasteiger partial charge in [0.25, 0.3) is 0 Å². The Bertz CT molecular complexity index is 249. The minimum Gasteiger partial charge on any atom is -0.352 e. The van der Waals surface area contributed by atoms with Crippen LogP contribution in [0.25, 0.3) is 0 Å². The van der Waals surface area contributed by atoms with Crippen LogP contribution in [0, 0.1) is 5.92 Å². The summed E-state index contributed by atoms with van der Waals surface area (Å²) in [6.07, 6.45) is 7.44. The predicted molar refractivity (Wildman–Crippen MR) is 71.7 cm³/mol. The molecule has 2 atom stereocenters. The molecule has 0 heterocycles. The first-order chi connectivity index (χ1) is 8.05. The van der Waals surface area contributed by atoms with Gasteiger partial charge in [0.1, 0.15) is 0 Å². The smallest absolute Gasteiger partial charge is 0.240 e. The number of nitrogens with two attached hydrogens (primary N) is 1. The van der Waals surface area contributed by atoms with E-state index in [1.807, 2.05) is 13.8 Å². The Morgan fingerprint density at radius 2 is 1.94 bits per heavy atom. The molecule has 0 aliphatic heterocycles. The maximum atomic E-state index is 12.2. The summed E-state index contributed by atoms with van der Waals surface area (Å²) in [5, 5.41) is 3.16. The van der Waals surface area contributed by atoms with E-state index < -0.39 is 5.54 Å². The molecular weight excluding hydrogens is 212 g/mol. The Kier molecular flexibility index (Phi) is 5.44. The van der Waals surface area contributed by atoms with E-state index in [1.54, 1.807) is 0 Å². The first-order valence-corrected chi connectivity index (χ1v) is 7.15. The molecule has 3 N–H and O–H groups in total. The van der Waals surface area contributed by atoms with Crippen molar-refractivity contribution < 1.29 is 4.79 Å². The molecule has 0 radical (unpaired) electrons. The number of hydrogen-bond donors (Lipinski definition) is 2. The molecule has 0 spiro atoms. The largest absolute Gasteiger partial charge is 0.352 e. The van der Waals surface area contributed by atoms with Crippen LogP contribution in [-0.2, 0) is 4.79 Å². The van der Waals surface area contributed by atoms with Gasteiger partial charge in [-0.3, -0.25) is 4.79 Å². The minimum absolute atomic E-state index is 0.0456. The van der Waals surface area contributed by atoms with Crippen molar-refractivity contribution in [3.63, 3.8) is 0 Å². The van der Waals surface area contributed by atoms with Gasteiger partial charge in [0.05, 0.1) is 5.54 Å². The molecule has 0 aromatic carbocycles. The molecule has 0 bridgehead atoms. The van der Waals surface area contributed by atoms with Gasteiger partial charge in [0.2, 0.25) is 5.91 Å². The lowest BCUT2D eigenvalue weighted by Gasteiger charge is -2.33. The summed E-state index contributed by atoms with van der Waals surface area (Å²) in [4.78, 5) is 12.2. The normalized spacial score (nSPS) is 25.6. The zero-order valence-corrected chi connectivity index (χ0v) is 11.6. The van der Waals surface area contributed by atoms with E-state index in [2.05, 4.69) is 12.2 Å². The van der Waals surface area contributed by atoms with Gasteiger partial charge in [-0.2, -0.15) is 0 Å². The Balaban J connectivity index is 2.50. The summed E-state index contributed by atoms with van der Waals surface area (Å²) in [6.45, 7) is 6.21. The van der Waals surface area contributed by atoms with Gasteiger partial charge in [0, 0.05) is 6.04 Å². The fourth-order valence-corrected chi connectivity index (χ4v) is 2.69. The second kappa shape index (κ2) is 6.39. The predicted octanol–water partition coefficient (Wildman–Crippen LogP) is 2.59. The highest BCUT2D eigenvalue weighted by Gasteiger charge is 2.32. The minimum atomic E-state index is -0.668. The molecule has 0 aromatic rings. The molecule has 1 rings (SSSR count). The molecule has 1 saturated carbocycles. The van der Waals surface area contributed by atoms with E-state index in [1.165, 1.54) is 19.3 Å². The maximum absolute atomic E-state index is 12.2. The highest BCUT2D eigenvalue weighted by molar-refractivity contribution is 5.86. The van der Waals surface area contributed by atoms with E-state index >= 15 is 0 Å². The van der Waals surface area contributed by atoms with Crippen LogP contribution < -0.4 is 11.1 Å². The Hall–Kier alpha value is -0.570. The lowest BCUT2D eigenvalue weighted by atomic mass is 9.83. The fraction of sp³-hybridized carbons (Fsp3) is 0.929. The van der Waals surface area contributed by atoms with Gasteiger partial charge in [-0.05, 0) is 31.6 Å². The number of amides is 1. The van der Waals surface area contributed by atoms with Crippen molar-refractivity contribution in [3.05, 3.63) is 0 Å². The van der Waals surface area contributed by atoms with Crippen LogP contribution in [0.15, 0.2) is 0 Å². The summed E-state index contributed by atoms with van der Waals surface area (Å²) in [5.41, 5.74) is 5.44. The fourth-order valence-electron chi connectivity index (χ4n) is 2.69. The molecule has 2 unspecified atom stereocenters. The number of carbonyl (C=O) groups excluding carboxylic acids is 1. The molecule has 17 heavy (non-hydrogen) atoms. The zero-order chi connectivity index (χ0) is 12.9. The maximum Gasteiger partial charge on any atom is 0.240 e. The summed E-state index contributed by atoms with van der Waals surface area (Å²) in [5.74, 6) is 0.828. The summed E-state index contributed by atoms with van der Waals surface area (Å²) < 4.78 is 0. The summed E-state index contributed by atoms with van der Waals surface area (Å²) >= 11 is 0. The molecule has 0 aromatic heterocycles. The van der Waals surface area contributed by atoms with E-state index in [-0.39, 0.29) is 5.91 Å². The number of nitrogens with one attached hydrogen (secondary N) is 1. The summed E-state index contributed by atoms with van der Waals surface area (Å²) in [7, 11) is 0. The highest BCUT2D eigenvalue weighted by atomic mass is 16.2. The van der Waals surface area contributed by atoms with Crippen LogP contribution in [0.2, 0.25) is 0 Å². The van der Waals surface area contributed by atoms with Crippen LogP contribution in [0.1, 0.15) is 65.7 Å². The Morgan fingerprint density at radius 1 is 1.29 bits per heavy atom. The monoisotopic (exact) mass is 240 g/mol. The average molecular weight is 240 g/mol. The molecular formula is C14H28N2O. The number of carbonyl (C=O) groups is 1. The third-order valence-corrected chi connectivity index (χ3v) is 4.41. The Labute approximate surface area is 106 Å². The third-order valence-electron chi connectivity index (χ3n) is 4.41. The standard InChI is InChI=1S/C14H28N2O/c1-4-11-8-7-9-12(10-11)16-13(17)14(15,5-2)6-3/h11-12H,4-10,15H2,1-3H3,(H,16,17). The van der Waals surface area contributed by atoms with Gasteiger partial charge in [0.15, 0.2) is 0 Å². The summed E-state index contributed by atoms with van der Waals surface area (Å²) in [6, 6.07) is 0.349. The van der Waals surface area contributed by atoms with Crippen molar-refractivity contribution in [2.24, 2.45) is 11.7 Å². The van der Waals surface area contributed by atoms with Gasteiger partial charge in [-0.15, -0.1) is 0 Å². The van der Waals surface area contributed by atoms with E-state index in [9.17, 15) is 4.79 Å². The molecule has 1 amide bonds. The number of rotatable bonds is 5. The van der Waals surface area contributed by atoms with Crippen molar-refractivity contribution in [3.8, 4) is 0 Å². The van der Waals surface area contributed by atoms with Gasteiger partial charge in [-0.25, -0.2) is 0 Å². The number of hydrogen-bond acceptors (Lipinski definition) is 2. The highest BCUT2D eigenvalue weighted by Crippen LogP contribution is 2.27. The molecule has 1 aliphatic rings. The second-order valence-electron chi connectivity index (χ2n) is 5.47. The molecule has 0 saturated heterocycles. The van der Waals surface area contributed by atoms with Crippen molar-refractivity contribution in [2.75, 3.05) is 0 Å². The van der Waals surface area contributed by atoms with Crippen LogP contribution >= 0.6 is 0 Å². The van der Waals surface area contributed by atoms with Gasteiger partial charge >= 0.3 is 0 Å². The van der Waals surface area contributed by atoms with Crippen molar-refractivity contribution in [2.45, 2.75) is 77.3 Å². The topological polar surface area (TPSA) is 55.1 Å². The first-order valence-electron chi connectivity index (χ1n) is 7.15. The quantitative estimate of drug-likeness (QED) is 0.776. The third kappa shape index (κ3) is 3.70. The van der Waals surface area contributed by atoms with E-state index in [4.69, 9.17) is 5.73 Å². The van der Waals surface area contributed by atoms with E-state index in [0.29, 0.717) is 18.9 Å². The van der Waals surface area contributed by atoms with Crippen molar-refractivity contribution in [1.82, 2.24) is 5.32 Å². The van der Waals surface area contributed by atoms with Crippen LogP contribution in [0.3, 0.4) is 0 Å². The Morgan fingerprint density at radius 3 is 2.47 bits per heavy atom. The van der Waals surface area contributed by atoms with E-state index in [0.717, 1.165) is 18.8 Å². The van der Waals surface area contributed by atoms with Gasteiger partial charge < -0.3 is 11.1 Å². The average Bonchev–Trinajstić information content (AvgIpc) is 2.37. The molecule has 3 heteroatoms. The lowest BCUT2D eigenvalue weighted by molar-refractivity contribution is -0.127. The molecule has 3 nitrogen and oxygen atoms in total. The second-order valence-corrected chi connectivity index (χ2v) is 5.47.